The summed E-state index contributed by atoms with van der Waals surface area (Å²) < 4.78 is 32.9. The third-order valence-electron chi connectivity index (χ3n) is 8.39. The fourth-order valence-electron chi connectivity index (χ4n) is 6.36. The van der Waals surface area contributed by atoms with Crippen molar-refractivity contribution in [3.05, 3.63) is 77.9 Å². The maximum Gasteiger partial charge on any atom is 0.320 e. The predicted molar refractivity (Wildman–Crippen MR) is 163 cm³/mol. The summed E-state index contributed by atoms with van der Waals surface area (Å²) in [6, 6.07) is 16.1. The largest absolute Gasteiger partial charge is 0.480 e. The molecule has 2 aliphatic rings. The van der Waals surface area contributed by atoms with Gasteiger partial charge in [0.15, 0.2) is 5.78 Å². The number of carboxylic acid groups (broad SMARTS) is 1. The number of carbonyl (C=O) groups is 3. The number of sulfonamides is 1. The van der Waals surface area contributed by atoms with Crippen LogP contribution in [0.5, 0.6) is 0 Å². The topological polar surface area (TPSA) is 142 Å². The highest BCUT2D eigenvalue weighted by Gasteiger charge is 2.46. The second-order valence-corrected chi connectivity index (χ2v) is 13.8. The van der Waals surface area contributed by atoms with Gasteiger partial charge in [0.05, 0.1) is 17.0 Å². The maximum absolute atomic E-state index is 14.3. The summed E-state index contributed by atoms with van der Waals surface area (Å²) >= 11 is 0.931. The average molecular weight is 610 g/mol. The van der Waals surface area contributed by atoms with Crippen LogP contribution in [0.1, 0.15) is 48.0 Å². The van der Waals surface area contributed by atoms with Gasteiger partial charge in [0.1, 0.15) is 6.04 Å². The van der Waals surface area contributed by atoms with E-state index in [2.05, 4.69) is 14.8 Å². The first-order chi connectivity index (χ1) is 20.2. The molecule has 222 valence electrons. The number of carbonyl (C=O) groups excluding carboxylic acids is 2. The molecule has 3 aromatic carbocycles. The highest BCUT2D eigenvalue weighted by atomic mass is 32.2. The molecule has 0 radical (unpaired) electrons. The second-order valence-electron chi connectivity index (χ2n) is 11.1. The highest BCUT2D eigenvalue weighted by molar-refractivity contribution is 8.12. The minimum Gasteiger partial charge on any atom is -0.480 e. The number of aliphatic carboxylic acids is 1. The summed E-state index contributed by atoms with van der Waals surface area (Å²) in [5, 5.41) is 14.3. The summed E-state index contributed by atoms with van der Waals surface area (Å²) in [5.41, 5.74) is 1.03. The zero-order chi connectivity index (χ0) is 29.9. The lowest BCUT2D eigenvalue weighted by molar-refractivity contribution is -0.143. The summed E-state index contributed by atoms with van der Waals surface area (Å²) in [5.74, 6) is -1.40. The molecular weight excluding hydrogens is 574 g/mol. The van der Waals surface area contributed by atoms with Gasteiger partial charge >= 0.3 is 5.97 Å². The molecule has 0 aromatic heterocycles. The standard InChI is InChI=1S/C31H35N3O6S2/c1-32-41-31(38)23-11-6-7-19(15-23)16-26(34-42(39,40)24-14-13-20-8-2-3-9-21(20)17-24)29(35)28-25-12-5-4-10-22(25)18-27(33-28)30(36)37/h2-3,6-9,11,13-15,17,22,25-28,32-34H,4-5,10,12,16,18H2,1H3,(H,36,37)/t22?,25?,26-,27?,28?/m0/s1. The summed E-state index contributed by atoms with van der Waals surface area (Å²) in [4.78, 5) is 38.8. The molecule has 1 aliphatic carbocycles. The van der Waals surface area contributed by atoms with Crippen molar-refractivity contribution in [1.29, 1.82) is 0 Å². The third kappa shape index (κ3) is 6.76. The Morgan fingerprint density at radius 1 is 1.00 bits per heavy atom. The van der Waals surface area contributed by atoms with E-state index in [1.165, 1.54) is 6.07 Å². The number of hydrogen-bond acceptors (Lipinski definition) is 8. The van der Waals surface area contributed by atoms with Gasteiger partial charge in [0, 0.05) is 5.56 Å². The van der Waals surface area contributed by atoms with Crippen molar-refractivity contribution in [3.8, 4) is 0 Å². The first-order valence-electron chi connectivity index (χ1n) is 14.2. The zero-order valence-electron chi connectivity index (χ0n) is 23.3. The van der Waals surface area contributed by atoms with Crippen molar-refractivity contribution >= 4 is 49.6 Å². The number of Topliss-reactive ketones (excluding diaryl/α,β-unsaturated/α-hetero) is 1. The van der Waals surface area contributed by atoms with Crippen LogP contribution in [0.25, 0.3) is 10.8 Å². The highest BCUT2D eigenvalue weighted by Crippen LogP contribution is 2.39. The van der Waals surface area contributed by atoms with Gasteiger partial charge in [0.25, 0.3) is 0 Å². The van der Waals surface area contributed by atoms with Crippen molar-refractivity contribution in [2.24, 2.45) is 11.8 Å². The lowest BCUT2D eigenvalue weighted by Crippen LogP contribution is -2.62. The zero-order valence-corrected chi connectivity index (χ0v) is 24.9. The average Bonchev–Trinajstić information content (AvgIpc) is 2.99. The first-order valence-corrected chi connectivity index (χ1v) is 16.5. The Kier molecular flexibility index (Phi) is 9.44. The molecule has 2 fully saturated rings. The van der Waals surface area contributed by atoms with Crippen LogP contribution in [0.3, 0.4) is 0 Å². The Morgan fingerprint density at radius 3 is 2.52 bits per heavy atom. The fraction of sp³-hybridized carbons (Fsp3) is 0.387. The summed E-state index contributed by atoms with van der Waals surface area (Å²) in [6.45, 7) is 0. The molecule has 0 spiro atoms. The van der Waals surface area contributed by atoms with E-state index in [1.807, 2.05) is 24.3 Å². The quantitative estimate of drug-likeness (QED) is 0.252. The number of nitrogens with one attached hydrogen (secondary N) is 3. The number of carboxylic acids is 1. The molecule has 1 aliphatic heterocycles. The van der Waals surface area contributed by atoms with Crippen LogP contribution in [0, 0.1) is 11.8 Å². The third-order valence-corrected chi connectivity index (χ3v) is 10.5. The Labute approximate surface area is 250 Å². The first kappa shape index (κ1) is 30.4. The monoisotopic (exact) mass is 609 g/mol. The van der Waals surface area contributed by atoms with E-state index in [0.29, 0.717) is 17.5 Å². The van der Waals surface area contributed by atoms with E-state index in [0.717, 1.165) is 48.4 Å². The molecule has 5 atom stereocenters. The molecule has 42 heavy (non-hydrogen) atoms. The van der Waals surface area contributed by atoms with Crippen LogP contribution in [-0.4, -0.2) is 55.6 Å². The van der Waals surface area contributed by atoms with Gasteiger partial charge in [-0.1, -0.05) is 67.8 Å². The van der Waals surface area contributed by atoms with Crippen molar-refractivity contribution < 1.29 is 27.9 Å². The van der Waals surface area contributed by atoms with Crippen molar-refractivity contribution in [2.75, 3.05) is 7.05 Å². The maximum atomic E-state index is 14.3. The summed E-state index contributed by atoms with van der Waals surface area (Å²) in [6.07, 6.45) is 3.99. The molecular formula is C31H35N3O6S2. The Morgan fingerprint density at radius 2 is 1.76 bits per heavy atom. The van der Waals surface area contributed by atoms with Crippen LogP contribution in [0.2, 0.25) is 0 Å². The van der Waals surface area contributed by atoms with Crippen molar-refractivity contribution in [1.82, 2.24) is 14.8 Å². The molecule has 1 saturated heterocycles. The molecule has 11 heteroatoms. The minimum atomic E-state index is -4.14. The Bertz CT molecular complexity index is 1590. The van der Waals surface area contributed by atoms with Crippen LogP contribution >= 0.6 is 11.9 Å². The molecule has 0 amide bonds. The number of piperidine rings is 1. The van der Waals surface area contributed by atoms with Gasteiger partial charge < -0.3 is 5.11 Å². The van der Waals surface area contributed by atoms with Crippen LogP contribution in [0.15, 0.2) is 71.6 Å². The molecule has 4 N–H and O–H groups in total. The molecule has 4 unspecified atom stereocenters. The van der Waals surface area contributed by atoms with E-state index in [9.17, 15) is 27.9 Å². The van der Waals surface area contributed by atoms with Crippen LogP contribution in [-0.2, 0) is 26.0 Å². The van der Waals surface area contributed by atoms with E-state index in [-0.39, 0.29) is 34.1 Å². The smallest absolute Gasteiger partial charge is 0.320 e. The SMILES string of the molecule is CNSC(=O)c1cccc(C[C@H](NS(=O)(=O)c2ccc3ccccc3c2)C(=O)C2NC(C(=O)O)CC3CCCCC32)c1. The molecule has 3 aromatic rings. The van der Waals surface area contributed by atoms with Gasteiger partial charge in [-0.05, 0) is 84.6 Å². The summed E-state index contributed by atoms with van der Waals surface area (Å²) in [7, 11) is -2.50. The minimum absolute atomic E-state index is 0.00426. The van der Waals surface area contributed by atoms with E-state index in [4.69, 9.17) is 0 Å². The molecule has 1 saturated carbocycles. The van der Waals surface area contributed by atoms with Gasteiger partial charge in [-0.15, -0.1) is 0 Å². The number of rotatable bonds is 10. The van der Waals surface area contributed by atoms with Gasteiger partial charge in [-0.25, -0.2) is 13.1 Å². The molecule has 1 heterocycles. The number of fused-ring (bicyclic) bond motifs is 2. The van der Waals surface area contributed by atoms with Gasteiger partial charge in [-0.3, -0.25) is 24.4 Å². The molecule has 9 nitrogen and oxygen atoms in total. The second kappa shape index (κ2) is 13.0. The van der Waals surface area contributed by atoms with Crippen LogP contribution in [0.4, 0.5) is 0 Å². The predicted octanol–water partition coefficient (Wildman–Crippen LogP) is 3.93. The normalized spacial score (nSPS) is 23.2. The number of benzene rings is 3. The lowest BCUT2D eigenvalue weighted by atomic mass is 9.68. The van der Waals surface area contributed by atoms with E-state index in [1.54, 1.807) is 43.4 Å². The number of hydrogen-bond donors (Lipinski definition) is 4. The van der Waals surface area contributed by atoms with Crippen molar-refractivity contribution in [3.63, 3.8) is 0 Å². The van der Waals surface area contributed by atoms with Gasteiger partial charge in [-0.2, -0.15) is 0 Å². The number of ketones is 1. The van der Waals surface area contributed by atoms with Gasteiger partial charge in [0.2, 0.25) is 15.1 Å². The Hall–Kier alpha value is -3.09. The van der Waals surface area contributed by atoms with E-state index < -0.39 is 34.1 Å². The van der Waals surface area contributed by atoms with E-state index >= 15 is 0 Å². The fourth-order valence-corrected chi connectivity index (χ4v) is 8.03. The van der Waals surface area contributed by atoms with Crippen LogP contribution < -0.4 is 14.8 Å². The van der Waals surface area contributed by atoms with Crippen molar-refractivity contribution in [2.45, 2.75) is 61.5 Å². The Balaban J connectivity index is 1.49. The lowest BCUT2D eigenvalue weighted by Gasteiger charge is -2.44. The molecule has 0 bridgehead atoms. The molecule has 5 rings (SSSR count).